The Balaban J connectivity index is 1.34. The van der Waals surface area contributed by atoms with Crippen molar-refractivity contribution in [3.63, 3.8) is 0 Å². The molecule has 1 N–H and O–H groups in total. The molecule has 0 aliphatic heterocycles. The highest BCUT2D eigenvalue weighted by atomic mass is 32.2. The maximum atomic E-state index is 12.7. The Morgan fingerprint density at radius 2 is 1.76 bits per heavy atom. The molecule has 0 bridgehead atoms. The van der Waals surface area contributed by atoms with Crippen molar-refractivity contribution in [3.05, 3.63) is 76.7 Å². The van der Waals surface area contributed by atoms with Crippen LogP contribution < -0.4 is 5.32 Å². The zero-order valence-corrected chi connectivity index (χ0v) is 19.5. The Labute approximate surface area is 200 Å². The molecule has 5 nitrogen and oxygen atoms in total. The van der Waals surface area contributed by atoms with Crippen molar-refractivity contribution in [2.75, 3.05) is 11.1 Å². The lowest BCUT2D eigenvalue weighted by Crippen LogP contribution is -2.14. The first kappa shape index (κ1) is 21.5. The first-order chi connectivity index (χ1) is 16.2. The average molecular weight is 472 g/mol. The number of aryl methyl sites for hydroxylation is 1. The highest BCUT2D eigenvalue weighted by Gasteiger charge is 2.22. The first-order valence-electron chi connectivity index (χ1n) is 10.8. The third-order valence-corrected chi connectivity index (χ3v) is 7.59. The minimum Gasteiger partial charge on any atom is -0.431 e. The van der Waals surface area contributed by atoms with Crippen LogP contribution in [0.3, 0.4) is 0 Å². The Morgan fingerprint density at radius 1 is 1.06 bits per heavy atom. The minimum absolute atomic E-state index is 0.149. The van der Waals surface area contributed by atoms with Crippen LogP contribution in [0.5, 0.6) is 0 Å². The third kappa shape index (κ3) is 4.58. The summed E-state index contributed by atoms with van der Waals surface area (Å²) in [7, 11) is 0. The van der Waals surface area contributed by atoms with Crippen LogP contribution in [0.2, 0.25) is 0 Å². The normalized spacial score (nSPS) is 12.7. The number of thioether (sulfide) groups is 1. The molecular formula is C26H21N3O2S2. The van der Waals surface area contributed by atoms with E-state index >= 15 is 0 Å². The van der Waals surface area contributed by atoms with Crippen LogP contribution in [0.1, 0.15) is 28.8 Å². The minimum atomic E-state index is -0.171. The van der Waals surface area contributed by atoms with Crippen molar-refractivity contribution < 1.29 is 9.21 Å². The van der Waals surface area contributed by atoms with Crippen LogP contribution in [0.4, 0.5) is 5.00 Å². The van der Waals surface area contributed by atoms with Crippen LogP contribution in [0.15, 0.2) is 70.3 Å². The van der Waals surface area contributed by atoms with E-state index in [2.05, 4.69) is 16.4 Å². The van der Waals surface area contributed by atoms with Crippen LogP contribution >= 0.6 is 23.1 Å². The Morgan fingerprint density at radius 3 is 2.48 bits per heavy atom. The lowest BCUT2D eigenvalue weighted by molar-refractivity contribution is -0.113. The molecule has 1 aliphatic carbocycles. The second-order valence-corrected chi connectivity index (χ2v) is 9.78. The molecule has 0 spiro atoms. The molecule has 164 valence electrons. The summed E-state index contributed by atoms with van der Waals surface area (Å²) in [6.45, 7) is 0. The van der Waals surface area contributed by atoms with Crippen LogP contribution in [-0.4, -0.2) is 16.6 Å². The number of nitrogens with zero attached hydrogens (tertiary/aromatic N) is 2. The number of rotatable bonds is 6. The molecule has 2 heterocycles. The standard InChI is InChI=1S/C26H21N3O2S2/c27-15-20-19-13-7-8-14-21(19)33-25(20)28-22(30)16-32-26-29-23(17-9-3-1-4-10-17)24(31-26)18-11-5-2-6-12-18/h1-6,9-12H,7-8,13-14,16H2,(H,28,30). The van der Waals surface area contributed by atoms with E-state index in [0.29, 0.717) is 21.5 Å². The largest absolute Gasteiger partial charge is 0.431 e. The van der Waals surface area contributed by atoms with Crippen LogP contribution in [-0.2, 0) is 17.6 Å². The summed E-state index contributed by atoms with van der Waals surface area (Å²) in [5.74, 6) is 0.661. The van der Waals surface area contributed by atoms with E-state index < -0.39 is 0 Å². The summed E-state index contributed by atoms with van der Waals surface area (Å²) in [4.78, 5) is 18.6. The number of amides is 1. The van der Waals surface area contributed by atoms with Gasteiger partial charge in [-0.2, -0.15) is 5.26 Å². The van der Waals surface area contributed by atoms with Gasteiger partial charge in [0.1, 0.15) is 16.8 Å². The topological polar surface area (TPSA) is 78.9 Å². The lowest BCUT2D eigenvalue weighted by atomic mass is 9.96. The number of aromatic nitrogens is 1. The maximum absolute atomic E-state index is 12.7. The van der Waals surface area contributed by atoms with Crippen LogP contribution in [0, 0.1) is 11.3 Å². The predicted molar refractivity (Wildman–Crippen MR) is 132 cm³/mol. The average Bonchev–Trinajstić information content (AvgIpc) is 3.45. The van der Waals surface area contributed by atoms with Gasteiger partial charge in [-0.15, -0.1) is 11.3 Å². The Kier molecular flexibility index (Phi) is 6.29. The van der Waals surface area contributed by atoms with Gasteiger partial charge < -0.3 is 9.73 Å². The molecule has 5 rings (SSSR count). The first-order valence-corrected chi connectivity index (χ1v) is 12.6. The van der Waals surface area contributed by atoms with E-state index in [-0.39, 0.29) is 11.7 Å². The fourth-order valence-corrected chi connectivity index (χ4v) is 5.88. The fourth-order valence-electron chi connectivity index (χ4n) is 4.00. The molecule has 4 aromatic rings. The third-order valence-electron chi connectivity index (χ3n) is 5.55. The van der Waals surface area contributed by atoms with Gasteiger partial charge in [0.05, 0.1) is 11.3 Å². The van der Waals surface area contributed by atoms with Gasteiger partial charge >= 0.3 is 0 Å². The summed E-state index contributed by atoms with van der Waals surface area (Å²) in [6, 6.07) is 22.0. The highest BCUT2D eigenvalue weighted by Crippen LogP contribution is 2.38. The maximum Gasteiger partial charge on any atom is 0.257 e. The van der Waals surface area contributed by atoms with Gasteiger partial charge in [-0.25, -0.2) is 4.98 Å². The van der Waals surface area contributed by atoms with Gasteiger partial charge in [-0.1, -0.05) is 72.4 Å². The number of carbonyl (C=O) groups excluding carboxylic acids is 1. The zero-order chi connectivity index (χ0) is 22.6. The smallest absolute Gasteiger partial charge is 0.257 e. The van der Waals surface area contributed by atoms with Crippen molar-refractivity contribution in [1.82, 2.24) is 4.98 Å². The Hall–Kier alpha value is -3.34. The SMILES string of the molecule is N#Cc1c(NC(=O)CSc2nc(-c3ccccc3)c(-c3ccccc3)o2)sc2c1CCCC2. The van der Waals surface area contributed by atoms with E-state index in [9.17, 15) is 10.1 Å². The molecule has 0 saturated carbocycles. The van der Waals surface area contributed by atoms with Crippen molar-refractivity contribution in [1.29, 1.82) is 5.26 Å². The number of nitrogens with one attached hydrogen (secondary N) is 1. The van der Waals surface area contributed by atoms with Gasteiger partial charge in [0, 0.05) is 16.0 Å². The van der Waals surface area contributed by atoms with Crippen molar-refractivity contribution in [2.45, 2.75) is 30.9 Å². The van der Waals surface area contributed by atoms with Gasteiger partial charge in [0.25, 0.3) is 5.22 Å². The van der Waals surface area contributed by atoms with Gasteiger partial charge in [-0.05, 0) is 31.2 Å². The molecule has 1 amide bonds. The predicted octanol–water partition coefficient (Wildman–Crippen LogP) is 6.55. The molecule has 1 aliphatic rings. The monoisotopic (exact) mass is 471 g/mol. The molecule has 7 heteroatoms. The lowest BCUT2D eigenvalue weighted by Gasteiger charge is -2.09. The van der Waals surface area contributed by atoms with E-state index in [1.807, 2.05) is 60.7 Å². The summed E-state index contributed by atoms with van der Waals surface area (Å²) in [5, 5.41) is 13.7. The molecule has 0 saturated heterocycles. The summed E-state index contributed by atoms with van der Waals surface area (Å²) in [6.07, 6.45) is 4.14. The Bertz CT molecular complexity index is 1260. The number of thiophene rings is 1. The molecule has 2 aromatic carbocycles. The second kappa shape index (κ2) is 9.65. The highest BCUT2D eigenvalue weighted by molar-refractivity contribution is 7.99. The van der Waals surface area contributed by atoms with E-state index in [1.54, 1.807) is 0 Å². The number of benzene rings is 2. The molecule has 0 radical (unpaired) electrons. The quantitative estimate of drug-likeness (QED) is 0.323. The number of carbonyl (C=O) groups is 1. The van der Waals surface area contributed by atoms with Crippen LogP contribution in [0.25, 0.3) is 22.6 Å². The zero-order valence-electron chi connectivity index (χ0n) is 17.8. The molecule has 0 atom stereocenters. The fraction of sp³-hybridized carbons (Fsp3) is 0.192. The number of oxazole rings is 1. The van der Waals surface area contributed by atoms with Crippen molar-refractivity contribution >= 4 is 34.0 Å². The van der Waals surface area contributed by atoms with Crippen molar-refractivity contribution in [3.8, 4) is 28.7 Å². The molecule has 2 aromatic heterocycles. The number of nitriles is 1. The summed E-state index contributed by atoms with van der Waals surface area (Å²) in [5.41, 5.74) is 4.39. The number of fused-ring (bicyclic) bond motifs is 1. The van der Waals surface area contributed by atoms with Gasteiger partial charge in [0.15, 0.2) is 5.76 Å². The molecule has 0 unspecified atom stereocenters. The molecule has 0 fully saturated rings. The second-order valence-electron chi connectivity index (χ2n) is 7.75. The summed E-state index contributed by atoms with van der Waals surface area (Å²) < 4.78 is 6.09. The van der Waals surface area contributed by atoms with Crippen molar-refractivity contribution in [2.24, 2.45) is 0 Å². The van der Waals surface area contributed by atoms with E-state index in [0.717, 1.165) is 48.1 Å². The number of anilines is 1. The van der Waals surface area contributed by atoms with Gasteiger partial charge in [0.2, 0.25) is 5.91 Å². The molecular weight excluding hydrogens is 450 g/mol. The van der Waals surface area contributed by atoms with E-state index in [1.165, 1.54) is 28.0 Å². The number of hydrogen-bond donors (Lipinski definition) is 1. The molecule has 33 heavy (non-hydrogen) atoms. The number of hydrogen-bond acceptors (Lipinski definition) is 6. The summed E-state index contributed by atoms with van der Waals surface area (Å²) >= 11 is 2.79. The van der Waals surface area contributed by atoms with E-state index in [4.69, 9.17) is 4.42 Å². The van der Waals surface area contributed by atoms with Gasteiger partial charge in [-0.3, -0.25) is 4.79 Å².